The van der Waals surface area contributed by atoms with Crippen LogP contribution in [-0.2, 0) is 0 Å². The van der Waals surface area contributed by atoms with E-state index in [2.05, 4.69) is 34.6 Å². The third-order valence-electron chi connectivity index (χ3n) is 4.34. The molecule has 14 heavy (non-hydrogen) atoms. The molecule has 1 nitrogen and oxygen atoms in total. The maximum atomic E-state index is 10.3. The van der Waals surface area contributed by atoms with Gasteiger partial charge in [-0.1, -0.05) is 41.0 Å². The Hall–Kier alpha value is -0.0400. The molecule has 0 aromatic carbocycles. The molecule has 0 bridgehead atoms. The SMILES string of the molecule is CC(C)C(C)C(O)C1CCCC1(C)C. The number of aliphatic hydroxyl groups is 1. The highest BCUT2D eigenvalue weighted by Gasteiger charge is 2.41. The maximum Gasteiger partial charge on any atom is 0.0601 e. The topological polar surface area (TPSA) is 20.2 Å². The van der Waals surface area contributed by atoms with Gasteiger partial charge in [0.2, 0.25) is 0 Å². The van der Waals surface area contributed by atoms with Gasteiger partial charge in [0.15, 0.2) is 0 Å². The summed E-state index contributed by atoms with van der Waals surface area (Å²) in [5, 5.41) is 10.3. The lowest BCUT2D eigenvalue weighted by Gasteiger charge is -2.35. The number of aliphatic hydroxyl groups excluding tert-OH is 1. The molecule has 0 aliphatic heterocycles. The van der Waals surface area contributed by atoms with Gasteiger partial charge in [0, 0.05) is 0 Å². The molecule has 1 saturated carbocycles. The normalized spacial score (nSPS) is 30.6. The van der Waals surface area contributed by atoms with Crippen molar-refractivity contribution in [1.29, 1.82) is 0 Å². The molecule has 1 heteroatoms. The molecule has 1 aliphatic carbocycles. The van der Waals surface area contributed by atoms with Crippen molar-refractivity contribution in [2.45, 2.75) is 60.0 Å². The Labute approximate surface area is 88.9 Å². The fourth-order valence-electron chi connectivity index (χ4n) is 2.75. The van der Waals surface area contributed by atoms with Gasteiger partial charge in [-0.3, -0.25) is 0 Å². The van der Waals surface area contributed by atoms with Crippen molar-refractivity contribution >= 4 is 0 Å². The predicted molar refractivity (Wildman–Crippen MR) is 61.1 cm³/mol. The average Bonchev–Trinajstić information content (AvgIpc) is 2.42. The molecule has 1 rings (SSSR count). The second kappa shape index (κ2) is 4.22. The molecule has 3 atom stereocenters. The van der Waals surface area contributed by atoms with E-state index in [1.165, 1.54) is 19.3 Å². The summed E-state index contributed by atoms with van der Waals surface area (Å²) in [6.45, 7) is 11.2. The molecular formula is C13H26O. The van der Waals surface area contributed by atoms with Crippen LogP contribution in [0.5, 0.6) is 0 Å². The van der Waals surface area contributed by atoms with Crippen LogP contribution in [0.4, 0.5) is 0 Å². The lowest BCUT2D eigenvalue weighted by Crippen LogP contribution is -2.36. The molecule has 0 aromatic heterocycles. The lowest BCUT2D eigenvalue weighted by atomic mass is 9.73. The van der Waals surface area contributed by atoms with Crippen LogP contribution in [0.25, 0.3) is 0 Å². The first kappa shape index (κ1) is 12.0. The minimum absolute atomic E-state index is 0.104. The summed E-state index contributed by atoms with van der Waals surface area (Å²) in [5.74, 6) is 1.53. The summed E-state index contributed by atoms with van der Waals surface area (Å²) in [6.07, 6.45) is 3.68. The molecule has 0 saturated heterocycles. The second-order valence-corrected chi connectivity index (χ2v) is 6.08. The van der Waals surface area contributed by atoms with Crippen molar-refractivity contribution in [3.05, 3.63) is 0 Å². The first-order chi connectivity index (χ1) is 6.36. The van der Waals surface area contributed by atoms with Crippen molar-refractivity contribution in [2.24, 2.45) is 23.2 Å². The van der Waals surface area contributed by atoms with E-state index in [1.54, 1.807) is 0 Å². The Balaban J connectivity index is 2.64. The Kier molecular flexibility index (Phi) is 3.63. The molecule has 3 unspecified atom stereocenters. The first-order valence-corrected chi connectivity index (χ1v) is 6.04. The van der Waals surface area contributed by atoms with Gasteiger partial charge in [0.1, 0.15) is 0 Å². The van der Waals surface area contributed by atoms with Crippen LogP contribution in [0, 0.1) is 23.2 Å². The average molecular weight is 198 g/mol. The van der Waals surface area contributed by atoms with Crippen molar-refractivity contribution in [1.82, 2.24) is 0 Å². The Morgan fingerprint density at radius 2 is 1.79 bits per heavy atom. The molecule has 0 radical (unpaired) electrons. The van der Waals surface area contributed by atoms with Crippen LogP contribution in [0.1, 0.15) is 53.9 Å². The molecule has 1 N–H and O–H groups in total. The molecule has 0 amide bonds. The van der Waals surface area contributed by atoms with Crippen molar-refractivity contribution in [2.75, 3.05) is 0 Å². The van der Waals surface area contributed by atoms with E-state index in [-0.39, 0.29) is 6.10 Å². The van der Waals surface area contributed by atoms with Gasteiger partial charge in [-0.15, -0.1) is 0 Å². The maximum absolute atomic E-state index is 10.3. The highest BCUT2D eigenvalue weighted by atomic mass is 16.3. The summed E-state index contributed by atoms with van der Waals surface area (Å²) in [4.78, 5) is 0. The van der Waals surface area contributed by atoms with Gasteiger partial charge < -0.3 is 5.11 Å². The summed E-state index contributed by atoms with van der Waals surface area (Å²) >= 11 is 0. The van der Waals surface area contributed by atoms with Crippen molar-refractivity contribution in [3.63, 3.8) is 0 Å². The first-order valence-electron chi connectivity index (χ1n) is 6.04. The van der Waals surface area contributed by atoms with Crippen molar-refractivity contribution in [3.8, 4) is 0 Å². The highest BCUT2D eigenvalue weighted by molar-refractivity contribution is 4.91. The summed E-state index contributed by atoms with van der Waals surface area (Å²) in [7, 11) is 0. The minimum Gasteiger partial charge on any atom is -0.393 e. The summed E-state index contributed by atoms with van der Waals surface area (Å²) in [6, 6.07) is 0. The van der Waals surface area contributed by atoms with Gasteiger partial charge in [-0.25, -0.2) is 0 Å². The van der Waals surface area contributed by atoms with Crippen LogP contribution in [0.15, 0.2) is 0 Å². The van der Waals surface area contributed by atoms with Crippen LogP contribution in [0.3, 0.4) is 0 Å². The second-order valence-electron chi connectivity index (χ2n) is 6.08. The number of rotatable bonds is 3. The van der Waals surface area contributed by atoms with Crippen LogP contribution in [0.2, 0.25) is 0 Å². The Bertz CT molecular complexity index is 184. The molecular weight excluding hydrogens is 172 g/mol. The van der Waals surface area contributed by atoms with Crippen LogP contribution < -0.4 is 0 Å². The molecule has 0 heterocycles. The van der Waals surface area contributed by atoms with E-state index >= 15 is 0 Å². The van der Waals surface area contributed by atoms with E-state index in [1.807, 2.05) is 0 Å². The van der Waals surface area contributed by atoms with Gasteiger partial charge in [0.05, 0.1) is 6.10 Å². The number of hydrogen-bond acceptors (Lipinski definition) is 1. The Morgan fingerprint density at radius 1 is 1.21 bits per heavy atom. The zero-order valence-corrected chi connectivity index (χ0v) is 10.4. The van der Waals surface area contributed by atoms with Crippen LogP contribution in [-0.4, -0.2) is 11.2 Å². The highest BCUT2D eigenvalue weighted by Crippen LogP contribution is 2.46. The molecule has 1 aliphatic rings. The fourth-order valence-corrected chi connectivity index (χ4v) is 2.75. The van der Waals surface area contributed by atoms with E-state index in [0.717, 1.165) is 0 Å². The van der Waals surface area contributed by atoms with E-state index in [0.29, 0.717) is 23.2 Å². The van der Waals surface area contributed by atoms with Crippen LogP contribution >= 0.6 is 0 Å². The lowest BCUT2D eigenvalue weighted by molar-refractivity contribution is -0.0000339. The quantitative estimate of drug-likeness (QED) is 0.736. The standard InChI is InChI=1S/C13H26O/c1-9(2)10(3)12(14)11-7-6-8-13(11,4)5/h9-12,14H,6-8H2,1-5H3. The van der Waals surface area contributed by atoms with Gasteiger partial charge in [-0.2, -0.15) is 0 Å². The molecule has 0 spiro atoms. The van der Waals surface area contributed by atoms with Gasteiger partial charge in [0.25, 0.3) is 0 Å². The third kappa shape index (κ3) is 2.31. The fraction of sp³-hybridized carbons (Fsp3) is 1.00. The zero-order chi connectivity index (χ0) is 10.9. The molecule has 84 valence electrons. The summed E-state index contributed by atoms with van der Waals surface area (Å²) < 4.78 is 0. The number of hydrogen-bond donors (Lipinski definition) is 1. The smallest absolute Gasteiger partial charge is 0.0601 e. The Morgan fingerprint density at radius 3 is 2.14 bits per heavy atom. The van der Waals surface area contributed by atoms with E-state index < -0.39 is 0 Å². The molecule has 0 aromatic rings. The predicted octanol–water partition coefficient (Wildman–Crippen LogP) is 3.47. The van der Waals surface area contributed by atoms with E-state index in [4.69, 9.17) is 0 Å². The molecule has 1 fully saturated rings. The summed E-state index contributed by atoms with van der Waals surface area (Å²) in [5.41, 5.74) is 0.350. The van der Waals surface area contributed by atoms with Crippen molar-refractivity contribution < 1.29 is 5.11 Å². The van der Waals surface area contributed by atoms with E-state index in [9.17, 15) is 5.11 Å². The third-order valence-corrected chi connectivity index (χ3v) is 4.34. The monoisotopic (exact) mass is 198 g/mol. The largest absolute Gasteiger partial charge is 0.393 e. The van der Waals surface area contributed by atoms with Gasteiger partial charge >= 0.3 is 0 Å². The van der Waals surface area contributed by atoms with Gasteiger partial charge in [-0.05, 0) is 36.0 Å². The zero-order valence-electron chi connectivity index (χ0n) is 10.4. The minimum atomic E-state index is -0.104.